The Kier molecular flexibility index (Phi) is 4.52. The van der Waals surface area contributed by atoms with Crippen molar-refractivity contribution < 1.29 is 8.42 Å². The quantitative estimate of drug-likeness (QED) is 0.536. The highest BCUT2D eigenvalue weighted by Gasteiger charge is 2.16. The zero-order valence-electron chi connectivity index (χ0n) is 15.5. The number of anilines is 2. The predicted molar refractivity (Wildman–Crippen MR) is 113 cm³/mol. The Morgan fingerprint density at radius 2 is 1.71 bits per heavy atom. The summed E-state index contributed by atoms with van der Waals surface area (Å²) in [7, 11) is 0.0948. The van der Waals surface area contributed by atoms with Crippen LogP contribution in [0.1, 0.15) is 0 Å². The molecule has 1 aromatic heterocycles. The van der Waals surface area contributed by atoms with Crippen LogP contribution in [-0.4, -0.2) is 32.5 Å². The standard InChI is InChI=1S/C21H20N4O2S/c1-25(2)17-10-6-9-16(13-17)24-28(26,27)18-11-12-19-20(14-18)23-21(22-19)15-7-4-3-5-8-15/h3-14,24H,1-2H3,(H,22,23). The SMILES string of the molecule is CN(C)c1cccc(NS(=O)(=O)c2ccc3nc(-c4ccccc4)[nH]c3c2)c1. The summed E-state index contributed by atoms with van der Waals surface area (Å²) in [5.41, 5.74) is 3.76. The zero-order valence-corrected chi connectivity index (χ0v) is 16.4. The summed E-state index contributed by atoms with van der Waals surface area (Å²) in [6.45, 7) is 0. The van der Waals surface area contributed by atoms with E-state index in [1.165, 1.54) is 0 Å². The van der Waals surface area contributed by atoms with Crippen LogP contribution in [0, 0.1) is 0 Å². The Balaban J connectivity index is 1.67. The minimum atomic E-state index is -3.72. The van der Waals surface area contributed by atoms with Crippen LogP contribution >= 0.6 is 0 Å². The van der Waals surface area contributed by atoms with Crippen LogP contribution in [0.25, 0.3) is 22.4 Å². The van der Waals surface area contributed by atoms with Crippen LogP contribution in [0.5, 0.6) is 0 Å². The average molecular weight is 392 g/mol. The van der Waals surface area contributed by atoms with Crippen LogP contribution in [0.3, 0.4) is 0 Å². The van der Waals surface area contributed by atoms with Gasteiger partial charge in [0.15, 0.2) is 0 Å². The predicted octanol–water partition coefficient (Wildman–Crippen LogP) is 4.10. The number of aromatic amines is 1. The monoisotopic (exact) mass is 392 g/mol. The minimum Gasteiger partial charge on any atom is -0.378 e. The second-order valence-electron chi connectivity index (χ2n) is 6.68. The van der Waals surface area contributed by atoms with Gasteiger partial charge in [0.05, 0.1) is 21.6 Å². The molecule has 0 aliphatic carbocycles. The smallest absolute Gasteiger partial charge is 0.261 e. The third-order valence-corrected chi connectivity index (χ3v) is 5.80. The number of hydrogen-bond donors (Lipinski definition) is 2. The number of fused-ring (bicyclic) bond motifs is 1. The largest absolute Gasteiger partial charge is 0.378 e. The molecule has 0 aliphatic heterocycles. The van der Waals surface area contributed by atoms with Gasteiger partial charge in [-0.1, -0.05) is 36.4 Å². The molecule has 3 aromatic carbocycles. The molecule has 0 saturated carbocycles. The number of rotatable bonds is 5. The van der Waals surface area contributed by atoms with Crippen LogP contribution < -0.4 is 9.62 Å². The van der Waals surface area contributed by atoms with Gasteiger partial charge in [-0.05, 0) is 36.4 Å². The van der Waals surface area contributed by atoms with Gasteiger partial charge in [0, 0.05) is 25.3 Å². The number of nitrogens with zero attached hydrogens (tertiary/aromatic N) is 2. The van der Waals surface area contributed by atoms with Crippen molar-refractivity contribution in [3.63, 3.8) is 0 Å². The Hall–Kier alpha value is -3.32. The molecule has 6 nitrogen and oxygen atoms in total. The lowest BCUT2D eigenvalue weighted by atomic mass is 10.2. The van der Waals surface area contributed by atoms with Crippen molar-refractivity contribution in [2.45, 2.75) is 4.90 Å². The number of benzene rings is 3. The molecule has 0 aliphatic rings. The molecule has 0 spiro atoms. The fraction of sp³-hybridized carbons (Fsp3) is 0.0952. The normalized spacial score (nSPS) is 11.5. The highest BCUT2D eigenvalue weighted by atomic mass is 32.2. The molecule has 1 heterocycles. The Bertz CT molecular complexity index is 1230. The van der Waals surface area contributed by atoms with Crippen molar-refractivity contribution in [2.24, 2.45) is 0 Å². The maximum atomic E-state index is 12.8. The van der Waals surface area contributed by atoms with Gasteiger partial charge < -0.3 is 9.88 Å². The van der Waals surface area contributed by atoms with E-state index in [2.05, 4.69) is 14.7 Å². The fourth-order valence-corrected chi connectivity index (χ4v) is 4.03. The van der Waals surface area contributed by atoms with E-state index in [0.717, 1.165) is 11.3 Å². The van der Waals surface area contributed by atoms with E-state index in [4.69, 9.17) is 0 Å². The van der Waals surface area contributed by atoms with Crippen molar-refractivity contribution in [2.75, 3.05) is 23.7 Å². The molecule has 0 radical (unpaired) electrons. The molecule has 7 heteroatoms. The zero-order chi connectivity index (χ0) is 19.7. The first-order valence-electron chi connectivity index (χ1n) is 8.78. The lowest BCUT2D eigenvalue weighted by Gasteiger charge is -2.14. The number of H-pyrrole nitrogens is 1. The molecular formula is C21H20N4O2S. The second kappa shape index (κ2) is 7.01. The van der Waals surface area contributed by atoms with E-state index in [1.54, 1.807) is 30.3 Å². The highest BCUT2D eigenvalue weighted by Crippen LogP contribution is 2.25. The first-order chi connectivity index (χ1) is 13.4. The van der Waals surface area contributed by atoms with Gasteiger partial charge in [-0.2, -0.15) is 0 Å². The topological polar surface area (TPSA) is 78.1 Å². The van der Waals surface area contributed by atoms with E-state index < -0.39 is 10.0 Å². The van der Waals surface area contributed by atoms with Gasteiger partial charge in [0.2, 0.25) is 0 Å². The maximum Gasteiger partial charge on any atom is 0.261 e. The number of nitrogens with one attached hydrogen (secondary N) is 2. The number of aromatic nitrogens is 2. The number of hydrogen-bond acceptors (Lipinski definition) is 4. The molecular weight excluding hydrogens is 372 g/mol. The lowest BCUT2D eigenvalue weighted by Crippen LogP contribution is -2.14. The molecule has 0 atom stereocenters. The Labute approximate surface area is 163 Å². The molecule has 142 valence electrons. The van der Waals surface area contributed by atoms with E-state index in [1.807, 2.05) is 61.5 Å². The van der Waals surface area contributed by atoms with Gasteiger partial charge in [-0.25, -0.2) is 13.4 Å². The summed E-state index contributed by atoms with van der Waals surface area (Å²) in [5.74, 6) is 0.705. The van der Waals surface area contributed by atoms with Crippen molar-refractivity contribution in [3.05, 3.63) is 72.8 Å². The summed E-state index contributed by atoms with van der Waals surface area (Å²) >= 11 is 0. The van der Waals surface area contributed by atoms with Gasteiger partial charge in [-0.15, -0.1) is 0 Å². The molecule has 0 unspecified atom stereocenters. The van der Waals surface area contributed by atoms with Crippen LogP contribution in [0.4, 0.5) is 11.4 Å². The van der Waals surface area contributed by atoms with Gasteiger partial charge in [0.25, 0.3) is 10.0 Å². The van der Waals surface area contributed by atoms with Gasteiger partial charge in [0.1, 0.15) is 5.82 Å². The summed E-state index contributed by atoms with van der Waals surface area (Å²) < 4.78 is 28.3. The van der Waals surface area contributed by atoms with Crippen molar-refractivity contribution >= 4 is 32.4 Å². The van der Waals surface area contributed by atoms with E-state index in [0.29, 0.717) is 22.5 Å². The first kappa shape index (κ1) is 18.1. The maximum absolute atomic E-state index is 12.8. The van der Waals surface area contributed by atoms with Crippen molar-refractivity contribution in [3.8, 4) is 11.4 Å². The lowest BCUT2D eigenvalue weighted by molar-refractivity contribution is 0.601. The fourth-order valence-electron chi connectivity index (χ4n) is 2.95. The minimum absolute atomic E-state index is 0.179. The third kappa shape index (κ3) is 3.57. The van der Waals surface area contributed by atoms with Crippen molar-refractivity contribution in [1.29, 1.82) is 0 Å². The van der Waals surface area contributed by atoms with Crippen LogP contribution in [0.15, 0.2) is 77.7 Å². The number of imidazole rings is 1. The molecule has 0 bridgehead atoms. The summed E-state index contributed by atoms with van der Waals surface area (Å²) in [6, 6.07) is 21.8. The Morgan fingerprint density at radius 3 is 2.46 bits per heavy atom. The molecule has 0 amide bonds. The van der Waals surface area contributed by atoms with Crippen LogP contribution in [-0.2, 0) is 10.0 Å². The second-order valence-corrected chi connectivity index (χ2v) is 8.36. The number of sulfonamides is 1. The molecule has 4 aromatic rings. The molecule has 4 rings (SSSR count). The van der Waals surface area contributed by atoms with E-state index in [9.17, 15) is 8.42 Å². The van der Waals surface area contributed by atoms with Gasteiger partial charge >= 0.3 is 0 Å². The molecule has 28 heavy (non-hydrogen) atoms. The first-order valence-corrected chi connectivity index (χ1v) is 10.3. The molecule has 0 fully saturated rings. The van der Waals surface area contributed by atoms with Crippen LogP contribution in [0.2, 0.25) is 0 Å². The third-order valence-electron chi connectivity index (χ3n) is 4.43. The van der Waals surface area contributed by atoms with E-state index in [-0.39, 0.29) is 4.90 Å². The Morgan fingerprint density at radius 1 is 0.929 bits per heavy atom. The van der Waals surface area contributed by atoms with E-state index >= 15 is 0 Å². The summed E-state index contributed by atoms with van der Waals surface area (Å²) in [6.07, 6.45) is 0. The average Bonchev–Trinajstić information content (AvgIpc) is 3.12. The van der Waals surface area contributed by atoms with Crippen molar-refractivity contribution in [1.82, 2.24) is 9.97 Å². The van der Waals surface area contributed by atoms with Gasteiger partial charge in [-0.3, -0.25) is 4.72 Å². The molecule has 2 N–H and O–H groups in total. The molecule has 0 saturated heterocycles. The summed E-state index contributed by atoms with van der Waals surface area (Å²) in [4.78, 5) is 9.84. The summed E-state index contributed by atoms with van der Waals surface area (Å²) in [5, 5.41) is 0. The highest BCUT2D eigenvalue weighted by molar-refractivity contribution is 7.92.